The minimum Gasteiger partial charge on any atom is -0.479 e. The molecule has 0 bridgehead atoms. The summed E-state index contributed by atoms with van der Waals surface area (Å²) in [6, 6.07) is -0.126. The zero-order valence-electron chi connectivity index (χ0n) is 10.1. The summed E-state index contributed by atoms with van der Waals surface area (Å²) < 4.78 is 0. The number of hydrogen-bond donors (Lipinski definition) is 3. The zero-order chi connectivity index (χ0) is 12.8. The molecule has 17 heavy (non-hydrogen) atoms. The number of rotatable bonds is 3. The fraction of sp³-hybridized carbons (Fsp3) is 0.818. The first-order valence-electron chi connectivity index (χ1n) is 5.97. The van der Waals surface area contributed by atoms with Crippen LogP contribution in [0.5, 0.6) is 0 Å². The van der Waals surface area contributed by atoms with Gasteiger partial charge >= 0.3 is 12.0 Å². The number of hydrogen-bond acceptors (Lipinski definition) is 3. The van der Waals surface area contributed by atoms with E-state index in [2.05, 4.69) is 5.32 Å². The van der Waals surface area contributed by atoms with E-state index in [1.54, 1.807) is 4.90 Å². The summed E-state index contributed by atoms with van der Waals surface area (Å²) in [7, 11) is 0. The van der Waals surface area contributed by atoms with Crippen molar-refractivity contribution in [1.82, 2.24) is 10.2 Å². The molecule has 6 heteroatoms. The van der Waals surface area contributed by atoms with Crippen molar-refractivity contribution >= 4 is 12.0 Å². The van der Waals surface area contributed by atoms with E-state index < -0.39 is 12.1 Å². The fourth-order valence-electron chi connectivity index (χ4n) is 1.95. The Kier molecular flexibility index (Phi) is 5.21. The number of aliphatic hydroxyl groups excluding tert-OH is 1. The Morgan fingerprint density at radius 2 is 2.12 bits per heavy atom. The average Bonchev–Trinajstić information content (AvgIpc) is 2.50. The molecule has 98 valence electrons. The van der Waals surface area contributed by atoms with Gasteiger partial charge in [0.25, 0.3) is 0 Å². The third kappa shape index (κ3) is 4.22. The Balaban J connectivity index is 2.42. The molecule has 1 rings (SSSR count). The minimum atomic E-state index is -1.54. The molecule has 0 aromatic rings. The van der Waals surface area contributed by atoms with Crippen LogP contribution in [-0.2, 0) is 4.79 Å². The predicted octanol–water partition coefficient (Wildman–Crippen LogP) is 0.406. The predicted molar refractivity (Wildman–Crippen MR) is 61.7 cm³/mol. The van der Waals surface area contributed by atoms with Crippen LogP contribution in [0.1, 0.15) is 32.6 Å². The molecule has 1 fully saturated rings. The number of carboxylic acids is 1. The zero-order valence-corrected chi connectivity index (χ0v) is 10.1. The van der Waals surface area contributed by atoms with Gasteiger partial charge in [0.05, 0.1) is 6.54 Å². The second-order valence-electron chi connectivity index (χ2n) is 4.43. The Bertz CT molecular complexity index is 283. The number of aliphatic hydroxyl groups is 1. The molecule has 1 unspecified atom stereocenters. The first-order valence-corrected chi connectivity index (χ1v) is 5.97. The highest BCUT2D eigenvalue weighted by Gasteiger charge is 2.23. The molecule has 0 saturated carbocycles. The fourth-order valence-corrected chi connectivity index (χ4v) is 1.95. The van der Waals surface area contributed by atoms with Crippen molar-refractivity contribution < 1.29 is 19.8 Å². The van der Waals surface area contributed by atoms with Crippen molar-refractivity contribution in [3.8, 4) is 0 Å². The van der Waals surface area contributed by atoms with Crippen molar-refractivity contribution in [2.75, 3.05) is 13.1 Å². The van der Waals surface area contributed by atoms with Gasteiger partial charge in [-0.3, -0.25) is 0 Å². The van der Waals surface area contributed by atoms with Crippen molar-refractivity contribution in [2.24, 2.45) is 0 Å². The molecule has 1 saturated heterocycles. The lowest BCUT2D eigenvalue weighted by Gasteiger charge is -2.27. The van der Waals surface area contributed by atoms with Gasteiger partial charge in [0, 0.05) is 12.6 Å². The molecule has 2 amide bonds. The van der Waals surface area contributed by atoms with Crippen molar-refractivity contribution in [3.63, 3.8) is 0 Å². The van der Waals surface area contributed by atoms with E-state index in [1.807, 2.05) is 6.92 Å². The Morgan fingerprint density at radius 1 is 1.41 bits per heavy atom. The van der Waals surface area contributed by atoms with Gasteiger partial charge in [-0.1, -0.05) is 12.8 Å². The van der Waals surface area contributed by atoms with Crippen LogP contribution < -0.4 is 5.32 Å². The Morgan fingerprint density at radius 3 is 2.76 bits per heavy atom. The molecule has 1 heterocycles. The molecule has 0 aromatic heterocycles. The number of nitrogens with zero attached hydrogens (tertiary/aromatic N) is 1. The van der Waals surface area contributed by atoms with Gasteiger partial charge in [0.1, 0.15) is 0 Å². The Hall–Kier alpha value is -1.30. The highest BCUT2D eigenvalue weighted by Crippen LogP contribution is 2.16. The van der Waals surface area contributed by atoms with Crippen molar-refractivity contribution in [2.45, 2.75) is 44.8 Å². The molecule has 0 radical (unpaired) electrons. The summed E-state index contributed by atoms with van der Waals surface area (Å²) in [5.41, 5.74) is 0. The molecule has 0 aromatic carbocycles. The van der Waals surface area contributed by atoms with E-state index in [4.69, 9.17) is 10.2 Å². The van der Waals surface area contributed by atoms with E-state index in [0.29, 0.717) is 6.54 Å². The third-order valence-corrected chi connectivity index (χ3v) is 3.05. The molecule has 0 spiro atoms. The largest absolute Gasteiger partial charge is 0.479 e. The number of likely N-dealkylation sites (tertiary alicyclic amines) is 1. The van der Waals surface area contributed by atoms with Gasteiger partial charge in [0.2, 0.25) is 0 Å². The first-order chi connectivity index (χ1) is 8.02. The van der Waals surface area contributed by atoms with Crippen LogP contribution in [0.3, 0.4) is 0 Å². The Labute approximate surface area is 101 Å². The first kappa shape index (κ1) is 13.8. The summed E-state index contributed by atoms with van der Waals surface area (Å²) >= 11 is 0. The number of urea groups is 1. The molecule has 2 atom stereocenters. The van der Waals surface area contributed by atoms with E-state index in [9.17, 15) is 9.59 Å². The number of nitrogens with one attached hydrogen (secondary N) is 1. The van der Waals surface area contributed by atoms with Crippen LogP contribution in [0, 0.1) is 0 Å². The van der Waals surface area contributed by atoms with Gasteiger partial charge in [-0.05, 0) is 19.8 Å². The van der Waals surface area contributed by atoms with Crippen LogP contribution in [0.4, 0.5) is 4.79 Å². The lowest BCUT2D eigenvalue weighted by molar-refractivity contribution is -0.146. The minimum absolute atomic E-state index is 0.166. The number of aliphatic carboxylic acids is 1. The smallest absolute Gasteiger partial charge is 0.334 e. The van der Waals surface area contributed by atoms with E-state index in [0.717, 1.165) is 25.7 Å². The average molecular weight is 244 g/mol. The van der Waals surface area contributed by atoms with E-state index in [1.165, 1.54) is 0 Å². The lowest BCUT2D eigenvalue weighted by Crippen LogP contribution is -2.47. The second-order valence-corrected chi connectivity index (χ2v) is 4.43. The molecule has 6 nitrogen and oxygen atoms in total. The quantitative estimate of drug-likeness (QED) is 0.670. The standard InChI is InChI=1S/C11H20N2O4/c1-8-5-3-2-4-6-13(8)11(17)12-7-9(14)10(15)16/h8-9,14H,2-7H2,1H3,(H,12,17)(H,15,16)/t8?,9-/m0/s1. The van der Waals surface area contributed by atoms with Gasteiger partial charge in [0.15, 0.2) is 6.10 Å². The van der Waals surface area contributed by atoms with Gasteiger partial charge in [-0.15, -0.1) is 0 Å². The summed E-state index contributed by atoms with van der Waals surface area (Å²) in [6.07, 6.45) is 2.63. The topological polar surface area (TPSA) is 89.9 Å². The molecule has 0 aliphatic carbocycles. The number of carbonyl (C=O) groups excluding carboxylic acids is 1. The van der Waals surface area contributed by atoms with Crippen LogP contribution in [0.25, 0.3) is 0 Å². The van der Waals surface area contributed by atoms with Crippen LogP contribution in [0.15, 0.2) is 0 Å². The number of amides is 2. The van der Waals surface area contributed by atoms with Crippen LogP contribution in [-0.4, -0.2) is 52.3 Å². The van der Waals surface area contributed by atoms with Crippen LogP contribution >= 0.6 is 0 Å². The molecular weight excluding hydrogens is 224 g/mol. The molecule has 1 aliphatic rings. The molecular formula is C11H20N2O4. The summed E-state index contributed by atoms with van der Waals surface area (Å²) in [5.74, 6) is -1.32. The van der Waals surface area contributed by atoms with Crippen molar-refractivity contribution in [3.05, 3.63) is 0 Å². The highest BCUT2D eigenvalue weighted by atomic mass is 16.4. The lowest BCUT2D eigenvalue weighted by atomic mass is 10.1. The van der Waals surface area contributed by atoms with E-state index >= 15 is 0 Å². The molecule has 3 N–H and O–H groups in total. The number of carbonyl (C=O) groups is 2. The second kappa shape index (κ2) is 6.44. The molecule has 1 aliphatic heterocycles. The summed E-state index contributed by atoms with van der Waals surface area (Å²) in [5, 5.41) is 20.0. The van der Waals surface area contributed by atoms with Gasteiger partial charge < -0.3 is 20.4 Å². The maximum atomic E-state index is 11.8. The summed E-state index contributed by atoms with van der Waals surface area (Å²) in [6.45, 7) is 2.42. The number of carboxylic acid groups (broad SMARTS) is 1. The summed E-state index contributed by atoms with van der Waals surface area (Å²) in [4.78, 5) is 23.9. The normalized spacial score (nSPS) is 22.7. The third-order valence-electron chi connectivity index (χ3n) is 3.05. The van der Waals surface area contributed by atoms with Crippen molar-refractivity contribution in [1.29, 1.82) is 0 Å². The maximum absolute atomic E-state index is 11.8. The SMILES string of the molecule is CC1CCCCCN1C(=O)NC[C@H](O)C(=O)O. The maximum Gasteiger partial charge on any atom is 0.334 e. The monoisotopic (exact) mass is 244 g/mol. The van der Waals surface area contributed by atoms with Gasteiger partial charge in [-0.2, -0.15) is 0 Å². The van der Waals surface area contributed by atoms with E-state index in [-0.39, 0.29) is 18.6 Å². The van der Waals surface area contributed by atoms with Gasteiger partial charge in [-0.25, -0.2) is 9.59 Å². The highest BCUT2D eigenvalue weighted by molar-refractivity contribution is 5.77. The van der Waals surface area contributed by atoms with Crippen LogP contribution in [0.2, 0.25) is 0 Å².